The number of carbonyl (C=O) groups excluding carboxylic acids is 1. The lowest BCUT2D eigenvalue weighted by molar-refractivity contribution is -0.124. The van der Waals surface area contributed by atoms with Gasteiger partial charge in [-0.05, 0) is 50.3 Å². The molecular weight excluding hydrogens is 275 g/mol. The van der Waals surface area contributed by atoms with Crippen molar-refractivity contribution in [1.29, 1.82) is 0 Å². The summed E-state index contributed by atoms with van der Waals surface area (Å²) in [5.74, 6) is 0.394. The van der Waals surface area contributed by atoms with Crippen molar-refractivity contribution >= 4 is 17.7 Å². The number of halogens is 1. The van der Waals surface area contributed by atoms with Gasteiger partial charge in [0.1, 0.15) is 5.82 Å². The third kappa shape index (κ3) is 5.51. The van der Waals surface area contributed by atoms with Crippen LogP contribution < -0.4 is 11.1 Å². The number of amides is 1. The van der Waals surface area contributed by atoms with Gasteiger partial charge in [-0.3, -0.25) is 4.79 Å². The monoisotopic (exact) mass is 298 g/mol. The van der Waals surface area contributed by atoms with Crippen LogP contribution in [0.15, 0.2) is 29.2 Å². The highest BCUT2D eigenvalue weighted by molar-refractivity contribution is 7.99. The minimum Gasteiger partial charge on any atom is -0.368 e. The number of hydrogen-bond acceptors (Lipinski definition) is 3. The van der Waals surface area contributed by atoms with Crippen LogP contribution in [0.2, 0.25) is 0 Å². The minimum absolute atomic E-state index is 0.205. The molecule has 0 aromatic heterocycles. The molecule has 0 aliphatic heterocycles. The van der Waals surface area contributed by atoms with E-state index in [0.717, 1.165) is 36.5 Å². The number of rotatable bonds is 9. The second-order valence-electron chi connectivity index (χ2n) is 4.99. The van der Waals surface area contributed by atoms with Crippen molar-refractivity contribution in [2.45, 2.75) is 43.5 Å². The number of nitrogens with one attached hydrogen (secondary N) is 1. The van der Waals surface area contributed by atoms with Crippen LogP contribution in [0, 0.1) is 5.82 Å². The van der Waals surface area contributed by atoms with Crippen molar-refractivity contribution in [3.63, 3.8) is 0 Å². The SMILES string of the molecule is CCNC(C)(CCCCSc1cccc(F)c1)C(N)=O. The second kappa shape index (κ2) is 8.27. The molecule has 0 spiro atoms. The molecule has 0 heterocycles. The van der Waals surface area contributed by atoms with Gasteiger partial charge in [0.15, 0.2) is 0 Å². The van der Waals surface area contributed by atoms with Crippen LogP contribution in [0.5, 0.6) is 0 Å². The van der Waals surface area contributed by atoms with Crippen LogP contribution in [0.1, 0.15) is 33.1 Å². The summed E-state index contributed by atoms with van der Waals surface area (Å²) in [7, 11) is 0. The van der Waals surface area contributed by atoms with Gasteiger partial charge < -0.3 is 11.1 Å². The number of hydrogen-bond donors (Lipinski definition) is 2. The number of likely N-dealkylation sites (N-methyl/N-ethyl adjacent to an activating group) is 1. The van der Waals surface area contributed by atoms with Gasteiger partial charge >= 0.3 is 0 Å². The molecule has 1 rings (SSSR count). The number of nitrogens with two attached hydrogens (primary N) is 1. The summed E-state index contributed by atoms with van der Waals surface area (Å²) in [6.45, 7) is 4.52. The van der Waals surface area contributed by atoms with Gasteiger partial charge in [-0.1, -0.05) is 19.4 Å². The van der Waals surface area contributed by atoms with Crippen molar-refractivity contribution in [2.75, 3.05) is 12.3 Å². The fraction of sp³-hybridized carbons (Fsp3) is 0.533. The Morgan fingerprint density at radius 1 is 1.45 bits per heavy atom. The average molecular weight is 298 g/mol. The molecule has 0 saturated heterocycles. The summed E-state index contributed by atoms with van der Waals surface area (Å²) in [6.07, 6.45) is 2.60. The Labute approximate surface area is 124 Å². The third-order valence-corrected chi connectivity index (χ3v) is 4.33. The molecule has 0 bridgehead atoms. The Kier molecular flexibility index (Phi) is 7.02. The number of thioether (sulfide) groups is 1. The molecule has 0 aliphatic rings. The van der Waals surface area contributed by atoms with Crippen LogP contribution in [0.25, 0.3) is 0 Å². The van der Waals surface area contributed by atoms with E-state index in [1.165, 1.54) is 12.1 Å². The van der Waals surface area contributed by atoms with Crippen LogP contribution in [0.4, 0.5) is 4.39 Å². The van der Waals surface area contributed by atoms with Crippen molar-refractivity contribution < 1.29 is 9.18 Å². The number of carbonyl (C=O) groups is 1. The molecule has 20 heavy (non-hydrogen) atoms. The van der Waals surface area contributed by atoms with E-state index in [1.807, 2.05) is 19.9 Å². The average Bonchev–Trinajstić information content (AvgIpc) is 2.38. The van der Waals surface area contributed by atoms with E-state index in [2.05, 4.69) is 5.32 Å². The van der Waals surface area contributed by atoms with Crippen molar-refractivity contribution in [2.24, 2.45) is 5.73 Å². The van der Waals surface area contributed by atoms with E-state index >= 15 is 0 Å². The lowest BCUT2D eigenvalue weighted by Crippen LogP contribution is -2.52. The van der Waals surface area contributed by atoms with Crippen molar-refractivity contribution in [3.8, 4) is 0 Å². The Morgan fingerprint density at radius 2 is 2.20 bits per heavy atom. The molecule has 1 atom stereocenters. The Balaban J connectivity index is 2.29. The molecule has 1 amide bonds. The molecule has 3 N–H and O–H groups in total. The van der Waals surface area contributed by atoms with E-state index < -0.39 is 5.54 Å². The van der Waals surface area contributed by atoms with E-state index in [9.17, 15) is 9.18 Å². The highest BCUT2D eigenvalue weighted by Gasteiger charge is 2.28. The number of unbranched alkanes of at least 4 members (excludes halogenated alkanes) is 1. The van der Waals surface area contributed by atoms with Crippen LogP contribution in [-0.4, -0.2) is 23.7 Å². The molecule has 112 valence electrons. The quantitative estimate of drug-likeness (QED) is 0.544. The molecule has 0 fully saturated rings. The summed E-state index contributed by atoms with van der Waals surface area (Å²) in [5, 5.41) is 3.14. The van der Waals surface area contributed by atoms with Crippen molar-refractivity contribution in [3.05, 3.63) is 30.1 Å². The molecular formula is C15H23FN2OS. The van der Waals surface area contributed by atoms with E-state index in [4.69, 9.17) is 5.73 Å². The maximum absolute atomic E-state index is 13.0. The molecule has 0 saturated carbocycles. The van der Waals surface area contributed by atoms with Gasteiger partial charge in [0.2, 0.25) is 5.91 Å². The predicted molar refractivity (Wildman–Crippen MR) is 82.3 cm³/mol. The summed E-state index contributed by atoms with van der Waals surface area (Å²) in [6, 6.07) is 6.60. The number of primary amides is 1. The van der Waals surface area contributed by atoms with Crippen LogP contribution in [0.3, 0.4) is 0 Å². The molecule has 1 aromatic rings. The molecule has 1 aromatic carbocycles. The predicted octanol–water partition coefficient (Wildman–Crippen LogP) is 2.94. The van der Waals surface area contributed by atoms with Gasteiger partial charge in [-0.25, -0.2) is 4.39 Å². The Morgan fingerprint density at radius 3 is 2.80 bits per heavy atom. The summed E-state index contributed by atoms with van der Waals surface area (Å²) in [5.41, 5.74) is 4.80. The van der Waals surface area contributed by atoms with Gasteiger partial charge in [0.25, 0.3) is 0 Å². The maximum atomic E-state index is 13.0. The molecule has 3 nitrogen and oxygen atoms in total. The Hall–Kier alpha value is -1.07. The second-order valence-corrected chi connectivity index (χ2v) is 6.16. The molecule has 0 aliphatic carbocycles. The van der Waals surface area contributed by atoms with E-state index in [1.54, 1.807) is 17.8 Å². The van der Waals surface area contributed by atoms with Crippen LogP contribution >= 0.6 is 11.8 Å². The molecule has 0 radical (unpaired) electrons. The zero-order valence-corrected chi connectivity index (χ0v) is 12.9. The molecule has 1 unspecified atom stereocenters. The zero-order chi connectivity index (χ0) is 15.0. The lowest BCUT2D eigenvalue weighted by Gasteiger charge is -2.26. The molecule has 5 heteroatoms. The largest absolute Gasteiger partial charge is 0.368 e. The fourth-order valence-corrected chi connectivity index (χ4v) is 2.97. The first kappa shape index (κ1) is 17.0. The number of benzene rings is 1. The van der Waals surface area contributed by atoms with E-state index in [-0.39, 0.29) is 11.7 Å². The topological polar surface area (TPSA) is 55.1 Å². The Bertz CT molecular complexity index is 442. The lowest BCUT2D eigenvalue weighted by atomic mass is 9.94. The van der Waals surface area contributed by atoms with E-state index in [0.29, 0.717) is 0 Å². The summed E-state index contributed by atoms with van der Waals surface area (Å²) < 4.78 is 13.0. The first-order chi connectivity index (χ1) is 9.48. The van der Waals surface area contributed by atoms with Gasteiger partial charge in [-0.15, -0.1) is 11.8 Å². The smallest absolute Gasteiger partial charge is 0.237 e. The first-order valence-electron chi connectivity index (χ1n) is 6.91. The van der Waals surface area contributed by atoms with Crippen LogP contribution in [-0.2, 0) is 4.79 Å². The van der Waals surface area contributed by atoms with Gasteiger partial charge in [-0.2, -0.15) is 0 Å². The van der Waals surface area contributed by atoms with Crippen molar-refractivity contribution in [1.82, 2.24) is 5.32 Å². The normalized spacial score (nSPS) is 13.9. The van der Waals surface area contributed by atoms with Gasteiger partial charge in [0, 0.05) is 4.90 Å². The zero-order valence-electron chi connectivity index (χ0n) is 12.1. The summed E-state index contributed by atoms with van der Waals surface area (Å²) in [4.78, 5) is 12.4. The highest BCUT2D eigenvalue weighted by Crippen LogP contribution is 2.21. The highest BCUT2D eigenvalue weighted by atomic mass is 32.2. The summed E-state index contributed by atoms with van der Waals surface area (Å²) >= 11 is 1.63. The fourth-order valence-electron chi connectivity index (χ4n) is 2.02. The maximum Gasteiger partial charge on any atom is 0.237 e. The van der Waals surface area contributed by atoms with Gasteiger partial charge in [0.05, 0.1) is 5.54 Å². The minimum atomic E-state index is -0.627. The first-order valence-corrected chi connectivity index (χ1v) is 7.90. The standard InChI is InChI=1S/C15H23FN2OS/c1-3-18-15(2,14(17)19)9-4-5-10-20-13-8-6-7-12(16)11-13/h6-8,11,18H,3-5,9-10H2,1-2H3,(H2,17,19). The third-order valence-electron chi connectivity index (χ3n) is 3.25.